The Labute approximate surface area is 127 Å². The van der Waals surface area contributed by atoms with Crippen molar-refractivity contribution in [2.24, 2.45) is 5.73 Å². The number of para-hydroxylation sites is 1. The van der Waals surface area contributed by atoms with E-state index in [1.165, 1.54) is 5.56 Å². The molecule has 112 valence electrons. The standard InChI is InChI=1S/C19H25NO/c1-4-19(2,3)16-9-11-17(12-10-16)21-18-8-6-5-7-15(18)13-14-20/h5-12H,4,13-14,20H2,1-3H3. The number of benzene rings is 2. The third kappa shape index (κ3) is 3.85. The van der Waals surface area contributed by atoms with Crippen LogP contribution in [-0.4, -0.2) is 6.54 Å². The zero-order valence-corrected chi connectivity index (χ0v) is 13.2. The highest BCUT2D eigenvalue weighted by Gasteiger charge is 2.17. The highest BCUT2D eigenvalue weighted by atomic mass is 16.5. The molecule has 0 saturated carbocycles. The Hall–Kier alpha value is -1.80. The fourth-order valence-corrected chi connectivity index (χ4v) is 2.27. The van der Waals surface area contributed by atoms with E-state index >= 15 is 0 Å². The molecule has 0 spiro atoms. The lowest BCUT2D eigenvalue weighted by molar-refractivity contribution is 0.472. The van der Waals surface area contributed by atoms with Gasteiger partial charge in [0.05, 0.1) is 0 Å². The van der Waals surface area contributed by atoms with Gasteiger partial charge in [0.25, 0.3) is 0 Å². The molecule has 0 heterocycles. The molecule has 0 aliphatic carbocycles. The molecule has 0 aromatic heterocycles. The van der Waals surface area contributed by atoms with E-state index in [2.05, 4.69) is 39.0 Å². The highest BCUT2D eigenvalue weighted by molar-refractivity contribution is 5.39. The Bertz CT molecular complexity index is 572. The monoisotopic (exact) mass is 283 g/mol. The maximum Gasteiger partial charge on any atom is 0.130 e. The molecule has 2 aromatic carbocycles. The molecule has 2 N–H and O–H groups in total. The van der Waals surface area contributed by atoms with E-state index < -0.39 is 0 Å². The number of hydrogen-bond donors (Lipinski definition) is 1. The normalized spacial score (nSPS) is 11.4. The topological polar surface area (TPSA) is 35.2 Å². The Kier molecular flexibility index (Phi) is 5.03. The van der Waals surface area contributed by atoms with Crippen molar-refractivity contribution in [2.75, 3.05) is 6.54 Å². The molecule has 0 saturated heterocycles. The van der Waals surface area contributed by atoms with Crippen LogP contribution >= 0.6 is 0 Å². The van der Waals surface area contributed by atoms with Gasteiger partial charge in [0.1, 0.15) is 11.5 Å². The predicted molar refractivity (Wildman–Crippen MR) is 89.0 cm³/mol. The van der Waals surface area contributed by atoms with Crippen molar-refractivity contribution in [1.29, 1.82) is 0 Å². The third-order valence-corrected chi connectivity index (χ3v) is 4.13. The molecular formula is C19H25NO. The van der Waals surface area contributed by atoms with Crippen LogP contribution in [0.2, 0.25) is 0 Å². The van der Waals surface area contributed by atoms with Gasteiger partial charge >= 0.3 is 0 Å². The number of hydrogen-bond acceptors (Lipinski definition) is 2. The quantitative estimate of drug-likeness (QED) is 0.836. The summed E-state index contributed by atoms with van der Waals surface area (Å²) in [6, 6.07) is 16.5. The molecular weight excluding hydrogens is 258 g/mol. The zero-order valence-electron chi connectivity index (χ0n) is 13.2. The Morgan fingerprint density at radius 2 is 1.67 bits per heavy atom. The molecule has 0 aliphatic heterocycles. The van der Waals surface area contributed by atoms with Gasteiger partial charge in [0, 0.05) is 0 Å². The zero-order chi connectivity index (χ0) is 15.3. The average Bonchev–Trinajstić information content (AvgIpc) is 2.50. The lowest BCUT2D eigenvalue weighted by atomic mass is 9.82. The van der Waals surface area contributed by atoms with E-state index in [0.717, 1.165) is 29.9 Å². The van der Waals surface area contributed by atoms with Crippen LogP contribution in [0.5, 0.6) is 11.5 Å². The summed E-state index contributed by atoms with van der Waals surface area (Å²) in [4.78, 5) is 0. The smallest absolute Gasteiger partial charge is 0.130 e. The highest BCUT2D eigenvalue weighted by Crippen LogP contribution is 2.30. The second-order valence-corrected chi connectivity index (χ2v) is 6.01. The molecule has 0 amide bonds. The number of ether oxygens (including phenoxy) is 1. The Morgan fingerprint density at radius 1 is 1.00 bits per heavy atom. The summed E-state index contributed by atoms with van der Waals surface area (Å²) in [5, 5.41) is 0. The first-order chi connectivity index (χ1) is 10.1. The Morgan fingerprint density at radius 3 is 2.29 bits per heavy atom. The van der Waals surface area contributed by atoms with E-state index in [-0.39, 0.29) is 5.41 Å². The van der Waals surface area contributed by atoms with Crippen molar-refractivity contribution in [3.8, 4) is 11.5 Å². The fourth-order valence-electron chi connectivity index (χ4n) is 2.27. The summed E-state index contributed by atoms with van der Waals surface area (Å²) in [5.41, 5.74) is 8.35. The van der Waals surface area contributed by atoms with Crippen LogP contribution < -0.4 is 10.5 Å². The van der Waals surface area contributed by atoms with E-state index in [4.69, 9.17) is 10.5 Å². The summed E-state index contributed by atoms with van der Waals surface area (Å²) in [7, 11) is 0. The average molecular weight is 283 g/mol. The van der Waals surface area contributed by atoms with E-state index in [1.54, 1.807) is 0 Å². The van der Waals surface area contributed by atoms with E-state index in [9.17, 15) is 0 Å². The van der Waals surface area contributed by atoms with Crippen molar-refractivity contribution in [1.82, 2.24) is 0 Å². The van der Waals surface area contributed by atoms with Crippen molar-refractivity contribution in [3.63, 3.8) is 0 Å². The largest absolute Gasteiger partial charge is 0.457 e. The van der Waals surface area contributed by atoms with Crippen molar-refractivity contribution in [2.45, 2.75) is 39.0 Å². The lowest BCUT2D eigenvalue weighted by Crippen LogP contribution is -2.14. The van der Waals surface area contributed by atoms with E-state index in [1.807, 2.05) is 30.3 Å². The van der Waals surface area contributed by atoms with Crippen LogP contribution in [0.25, 0.3) is 0 Å². The molecule has 2 aromatic rings. The van der Waals surface area contributed by atoms with Gasteiger partial charge in [-0.05, 0) is 54.1 Å². The SMILES string of the molecule is CCC(C)(C)c1ccc(Oc2ccccc2CCN)cc1. The second-order valence-electron chi connectivity index (χ2n) is 6.01. The van der Waals surface area contributed by atoms with Crippen LogP contribution in [0.1, 0.15) is 38.3 Å². The molecule has 0 aliphatic rings. The molecule has 0 atom stereocenters. The van der Waals surface area contributed by atoms with Gasteiger partial charge in [-0.2, -0.15) is 0 Å². The van der Waals surface area contributed by atoms with Gasteiger partial charge in [-0.1, -0.05) is 51.1 Å². The van der Waals surface area contributed by atoms with Crippen molar-refractivity contribution >= 4 is 0 Å². The number of nitrogens with two attached hydrogens (primary N) is 1. The molecule has 2 nitrogen and oxygen atoms in total. The van der Waals surface area contributed by atoms with Crippen LogP contribution in [0, 0.1) is 0 Å². The van der Waals surface area contributed by atoms with Gasteiger partial charge in [0.2, 0.25) is 0 Å². The molecule has 2 rings (SSSR count). The molecule has 0 radical (unpaired) electrons. The van der Waals surface area contributed by atoms with Crippen LogP contribution in [0.15, 0.2) is 48.5 Å². The summed E-state index contributed by atoms with van der Waals surface area (Å²) in [5.74, 6) is 1.76. The molecule has 0 bridgehead atoms. The van der Waals surface area contributed by atoms with Gasteiger partial charge in [-0.3, -0.25) is 0 Å². The van der Waals surface area contributed by atoms with Gasteiger partial charge in [-0.15, -0.1) is 0 Å². The molecule has 2 heteroatoms. The Balaban J connectivity index is 2.18. The van der Waals surface area contributed by atoms with Gasteiger partial charge in [-0.25, -0.2) is 0 Å². The molecule has 21 heavy (non-hydrogen) atoms. The predicted octanol–water partition coefficient (Wildman–Crippen LogP) is 4.67. The fraction of sp³-hybridized carbons (Fsp3) is 0.368. The van der Waals surface area contributed by atoms with Crippen LogP contribution in [-0.2, 0) is 11.8 Å². The van der Waals surface area contributed by atoms with Crippen LogP contribution in [0.4, 0.5) is 0 Å². The van der Waals surface area contributed by atoms with Gasteiger partial charge in [0.15, 0.2) is 0 Å². The van der Waals surface area contributed by atoms with E-state index in [0.29, 0.717) is 6.54 Å². The minimum atomic E-state index is 0.204. The van der Waals surface area contributed by atoms with Crippen LogP contribution in [0.3, 0.4) is 0 Å². The molecule has 0 fully saturated rings. The minimum Gasteiger partial charge on any atom is -0.457 e. The maximum atomic E-state index is 6.01. The number of rotatable bonds is 6. The lowest BCUT2D eigenvalue weighted by Gasteiger charge is -2.23. The van der Waals surface area contributed by atoms with Crippen molar-refractivity contribution in [3.05, 3.63) is 59.7 Å². The first kappa shape index (κ1) is 15.6. The first-order valence-electron chi connectivity index (χ1n) is 7.63. The summed E-state index contributed by atoms with van der Waals surface area (Å²) in [6.45, 7) is 7.37. The maximum absolute atomic E-state index is 6.01. The van der Waals surface area contributed by atoms with Gasteiger partial charge < -0.3 is 10.5 Å². The first-order valence-corrected chi connectivity index (χ1v) is 7.63. The van der Waals surface area contributed by atoms with Crippen molar-refractivity contribution < 1.29 is 4.74 Å². The molecule has 0 unspecified atom stereocenters. The summed E-state index contributed by atoms with van der Waals surface area (Å²) in [6.07, 6.45) is 1.95. The minimum absolute atomic E-state index is 0.204. The second kappa shape index (κ2) is 6.77. The third-order valence-electron chi connectivity index (χ3n) is 4.13. The summed E-state index contributed by atoms with van der Waals surface area (Å²) < 4.78 is 6.01. The summed E-state index contributed by atoms with van der Waals surface area (Å²) >= 11 is 0.